The van der Waals surface area contributed by atoms with Gasteiger partial charge in [0.2, 0.25) is 10.0 Å². The van der Waals surface area contributed by atoms with Crippen LogP contribution in [-0.2, 0) is 19.9 Å². The molecule has 1 rings (SSSR count). The molecule has 1 heterocycles. The minimum absolute atomic E-state index is 0.318. The second kappa shape index (κ2) is 3.76. The lowest BCUT2D eigenvalue weighted by Crippen LogP contribution is -2.43. The summed E-state index contributed by atoms with van der Waals surface area (Å²) in [5.41, 5.74) is 5.54. The highest BCUT2D eigenvalue weighted by molar-refractivity contribution is 8.06. The van der Waals surface area contributed by atoms with Crippen molar-refractivity contribution >= 4 is 19.9 Å². The number of nitrogens with two attached hydrogens (primary N) is 1. The van der Waals surface area contributed by atoms with Crippen molar-refractivity contribution in [3.8, 4) is 0 Å². The Balaban J connectivity index is 2.86. The summed E-state index contributed by atoms with van der Waals surface area (Å²) in [6, 6.07) is 0. The van der Waals surface area contributed by atoms with Crippen LogP contribution in [0.4, 0.5) is 0 Å². The Morgan fingerprint density at radius 2 is 1.93 bits per heavy atom. The van der Waals surface area contributed by atoms with E-state index in [1.807, 2.05) is 0 Å². The summed E-state index contributed by atoms with van der Waals surface area (Å²) in [7, 11) is -7.27. The third-order valence-corrected chi connectivity index (χ3v) is 6.04. The van der Waals surface area contributed by atoms with Gasteiger partial charge in [-0.05, 0) is 12.8 Å². The van der Waals surface area contributed by atoms with Crippen LogP contribution in [0.1, 0.15) is 12.8 Å². The first-order valence-electron chi connectivity index (χ1n) is 4.15. The maximum absolute atomic E-state index is 11.5. The lowest BCUT2D eigenvalue weighted by molar-refractivity contribution is 0.398. The van der Waals surface area contributed by atoms with Gasteiger partial charge in [-0.1, -0.05) is 0 Å². The van der Waals surface area contributed by atoms with E-state index in [1.54, 1.807) is 0 Å². The molecule has 0 radical (unpaired) electrons. The molecule has 84 valence electrons. The molecule has 0 aliphatic carbocycles. The zero-order chi connectivity index (χ0) is 11.0. The van der Waals surface area contributed by atoms with Crippen molar-refractivity contribution < 1.29 is 16.8 Å². The van der Waals surface area contributed by atoms with Gasteiger partial charge < -0.3 is 5.73 Å². The molecule has 1 aliphatic heterocycles. The van der Waals surface area contributed by atoms with Gasteiger partial charge in [0.15, 0.2) is 14.9 Å². The Morgan fingerprint density at radius 3 is 2.29 bits per heavy atom. The van der Waals surface area contributed by atoms with Gasteiger partial charge in [-0.15, -0.1) is 0 Å². The Labute approximate surface area is 84.0 Å². The molecule has 1 atom stereocenters. The summed E-state index contributed by atoms with van der Waals surface area (Å²) in [5, 5.41) is -0.853. The van der Waals surface area contributed by atoms with E-state index in [0.717, 1.165) is 10.6 Å². The first-order valence-corrected chi connectivity index (χ1v) is 7.82. The Morgan fingerprint density at radius 1 is 1.36 bits per heavy atom. The highest BCUT2D eigenvalue weighted by Gasteiger charge is 2.33. The molecule has 1 unspecified atom stereocenters. The Bertz CT molecular complexity index is 400. The highest BCUT2D eigenvalue weighted by atomic mass is 32.3. The van der Waals surface area contributed by atoms with Gasteiger partial charge in [0.05, 0.1) is 6.17 Å². The molecule has 0 bridgehead atoms. The molecular weight excluding hydrogens is 228 g/mol. The molecule has 0 amide bonds. The molecule has 1 fully saturated rings. The fraction of sp³-hybridized carbons (Fsp3) is 1.00. The largest absolute Gasteiger partial charge is 0.315 e. The number of sulfonamides is 1. The third kappa shape index (κ3) is 2.91. The molecule has 1 aliphatic rings. The van der Waals surface area contributed by atoms with Crippen molar-refractivity contribution in [2.75, 3.05) is 17.9 Å². The fourth-order valence-electron chi connectivity index (χ4n) is 1.45. The lowest BCUT2D eigenvalue weighted by atomic mass is 10.3. The van der Waals surface area contributed by atoms with Gasteiger partial charge in [0.25, 0.3) is 0 Å². The zero-order valence-corrected chi connectivity index (χ0v) is 9.51. The standard InChI is InChI=1S/C6H14N2O4S2/c1-13(9,10)5-14(11,12)8-4-2-3-6(8)7/h6H,2-5,7H2,1H3. The van der Waals surface area contributed by atoms with Crippen LogP contribution in [0.2, 0.25) is 0 Å². The van der Waals surface area contributed by atoms with Gasteiger partial charge in [-0.3, -0.25) is 0 Å². The van der Waals surface area contributed by atoms with Crippen LogP contribution in [0, 0.1) is 0 Å². The summed E-state index contributed by atoms with van der Waals surface area (Å²) >= 11 is 0. The van der Waals surface area contributed by atoms with E-state index in [2.05, 4.69) is 0 Å². The molecule has 8 heteroatoms. The third-order valence-electron chi connectivity index (χ3n) is 1.97. The van der Waals surface area contributed by atoms with E-state index in [9.17, 15) is 16.8 Å². The number of hydrogen-bond acceptors (Lipinski definition) is 5. The van der Waals surface area contributed by atoms with E-state index < -0.39 is 31.1 Å². The number of nitrogens with zero attached hydrogens (tertiary/aromatic N) is 1. The van der Waals surface area contributed by atoms with Crippen LogP contribution in [0.3, 0.4) is 0 Å². The minimum atomic E-state index is -3.75. The summed E-state index contributed by atoms with van der Waals surface area (Å²) in [5.74, 6) is 0. The number of hydrogen-bond donors (Lipinski definition) is 1. The molecule has 0 spiro atoms. The van der Waals surface area contributed by atoms with Crippen molar-refractivity contribution in [3.63, 3.8) is 0 Å². The van der Waals surface area contributed by atoms with Gasteiger partial charge in [0, 0.05) is 12.8 Å². The monoisotopic (exact) mass is 242 g/mol. The molecule has 0 aromatic heterocycles. The second-order valence-corrected chi connectivity index (χ2v) is 7.90. The summed E-state index contributed by atoms with van der Waals surface area (Å²) in [4.78, 5) is 0. The summed E-state index contributed by atoms with van der Waals surface area (Å²) in [6.45, 7) is 0.318. The molecule has 6 nitrogen and oxygen atoms in total. The average Bonchev–Trinajstić information content (AvgIpc) is 2.29. The van der Waals surface area contributed by atoms with Crippen LogP contribution >= 0.6 is 0 Å². The van der Waals surface area contributed by atoms with Crippen molar-refractivity contribution in [2.45, 2.75) is 19.0 Å². The van der Waals surface area contributed by atoms with E-state index in [0.29, 0.717) is 19.4 Å². The smallest absolute Gasteiger partial charge is 0.229 e. The molecule has 2 N–H and O–H groups in total. The van der Waals surface area contributed by atoms with E-state index in [4.69, 9.17) is 5.73 Å². The van der Waals surface area contributed by atoms with E-state index in [-0.39, 0.29) is 0 Å². The molecule has 0 aromatic carbocycles. The molecule has 0 saturated carbocycles. The Kier molecular flexibility index (Phi) is 3.20. The van der Waals surface area contributed by atoms with Gasteiger partial charge in [0.1, 0.15) is 0 Å². The maximum atomic E-state index is 11.5. The summed E-state index contributed by atoms with van der Waals surface area (Å²) < 4.78 is 45.8. The average molecular weight is 242 g/mol. The van der Waals surface area contributed by atoms with Crippen LogP contribution < -0.4 is 5.73 Å². The van der Waals surface area contributed by atoms with Gasteiger partial charge in [-0.25, -0.2) is 16.8 Å². The molecule has 1 saturated heterocycles. The van der Waals surface area contributed by atoms with Crippen LogP contribution in [0.5, 0.6) is 0 Å². The minimum Gasteiger partial charge on any atom is -0.315 e. The van der Waals surface area contributed by atoms with Crippen LogP contribution in [0.25, 0.3) is 0 Å². The quantitative estimate of drug-likeness (QED) is 0.663. The topological polar surface area (TPSA) is 97.5 Å². The van der Waals surface area contributed by atoms with E-state index >= 15 is 0 Å². The normalized spacial score (nSPS) is 25.4. The van der Waals surface area contributed by atoms with Crippen molar-refractivity contribution in [3.05, 3.63) is 0 Å². The van der Waals surface area contributed by atoms with Crippen molar-refractivity contribution in [1.82, 2.24) is 4.31 Å². The molecule has 14 heavy (non-hydrogen) atoms. The lowest BCUT2D eigenvalue weighted by Gasteiger charge is -2.19. The van der Waals surface area contributed by atoms with Gasteiger partial charge in [-0.2, -0.15) is 4.31 Å². The van der Waals surface area contributed by atoms with Crippen LogP contribution in [-0.4, -0.2) is 45.2 Å². The molecular formula is C6H14N2O4S2. The predicted molar refractivity (Wildman–Crippen MR) is 52.5 cm³/mol. The number of rotatable bonds is 3. The van der Waals surface area contributed by atoms with Crippen molar-refractivity contribution in [1.29, 1.82) is 0 Å². The van der Waals surface area contributed by atoms with Crippen molar-refractivity contribution in [2.24, 2.45) is 5.73 Å². The van der Waals surface area contributed by atoms with Gasteiger partial charge >= 0.3 is 0 Å². The SMILES string of the molecule is CS(=O)(=O)CS(=O)(=O)N1CCCC1N. The predicted octanol–water partition coefficient (Wildman–Crippen LogP) is -1.30. The first-order chi connectivity index (χ1) is 6.22. The maximum Gasteiger partial charge on any atom is 0.229 e. The van der Waals surface area contributed by atoms with E-state index in [1.165, 1.54) is 0 Å². The number of sulfone groups is 1. The fourth-order valence-corrected chi connectivity index (χ4v) is 5.08. The Hall–Kier alpha value is -0.180. The zero-order valence-electron chi connectivity index (χ0n) is 7.88. The first kappa shape index (κ1) is 11.9. The van der Waals surface area contributed by atoms with Crippen LogP contribution in [0.15, 0.2) is 0 Å². The highest BCUT2D eigenvalue weighted by Crippen LogP contribution is 2.18. The molecule has 0 aromatic rings. The second-order valence-electron chi connectivity index (χ2n) is 3.48. The summed E-state index contributed by atoms with van der Waals surface area (Å²) in [6.07, 6.45) is 1.60.